The second kappa shape index (κ2) is 2.48. The van der Waals surface area contributed by atoms with Crippen molar-refractivity contribution in [2.75, 3.05) is 0 Å². The number of hydrogen-bond donors (Lipinski definition) is 3. The largest absolute Gasteiger partial charge is 0.481 e. The fourth-order valence-corrected chi connectivity index (χ4v) is 3.06. The van der Waals surface area contributed by atoms with Crippen molar-refractivity contribution >= 4 is 11.9 Å². The molecule has 2 rings (SSSR count). The molecule has 14 heavy (non-hydrogen) atoms. The van der Waals surface area contributed by atoms with Crippen LogP contribution in [0, 0.1) is 23.7 Å². The van der Waals surface area contributed by atoms with Gasteiger partial charge in [0.25, 0.3) is 0 Å². The van der Waals surface area contributed by atoms with Crippen molar-refractivity contribution in [3.05, 3.63) is 0 Å². The standard InChI is InChI=1S/C9H13NO4/c1-3-2-9(10,8(13)14)6-4(3)5(6)7(11)12/h3-6H,2,10H2,1H3,(H,11,12)(H,13,14)/t3-,4?,5+,6+,9+/m1/s1. The third-order valence-electron chi connectivity index (χ3n) is 3.67. The van der Waals surface area contributed by atoms with E-state index >= 15 is 0 Å². The van der Waals surface area contributed by atoms with Gasteiger partial charge in [0.1, 0.15) is 5.54 Å². The van der Waals surface area contributed by atoms with Crippen molar-refractivity contribution in [2.24, 2.45) is 29.4 Å². The summed E-state index contributed by atoms with van der Waals surface area (Å²) in [5.74, 6) is -2.83. The number of nitrogens with two attached hydrogens (primary N) is 1. The van der Waals surface area contributed by atoms with Gasteiger partial charge in [0.15, 0.2) is 0 Å². The van der Waals surface area contributed by atoms with Gasteiger partial charge >= 0.3 is 11.9 Å². The second-order valence-corrected chi connectivity index (χ2v) is 4.49. The molecule has 0 heterocycles. The summed E-state index contributed by atoms with van der Waals surface area (Å²) in [7, 11) is 0. The minimum absolute atomic E-state index is 0.0337. The Bertz CT molecular complexity index is 316. The summed E-state index contributed by atoms with van der Waals surface area (Å²) in [5.41, 5.74) is 4.43. The van der Waals surface area contributed by atoms with Crippen LogP contribution in [0.3, 0.4) is 0 Å². The molecule has 1 unspecified atom stereocenters. The molecule has 2 aliphatic rings. The number of rotatable bonds is 2. The van der Waals surface area contributed by atoms with E-state index in [1.54, 1.807) is 0 Å². The second-order valence-electron chi connectivity index (χ2n) is 4.49. The number of carboxylic acids is 2. The molecular weight excluding hydrogens is 186 g/mol. The molecule has 0 aliphatic heterocycles. The van der Waals surface area contributed by atoms with Crippen LogP contribution in [-0.4, -0.2) is 27.7 Å². The first-order valence-electron chi connectivity index (χ1n) is 4.64. The van der Waals surface area contributed by atoms with Gasteiger partial charge in [0, 0.05) is 5.92 Å². The molecule has 0 aromatic rings. The van der Waals surface area contributed by atoms with Crippen LogP contribution in [0.15, 0.2) is 0 Å². The Hall–Kier alpha value is -1.10. The Morgan fingerprint density at radius 2 is 2.00 bits per heavy atom. The minimum atomic E-state index is -1.31. The number of hydrogen-bond acceptors (Lipinski definition) is 3. The van der Waals surface area contributed by atoms with Crippen molar-refractivity contribution in [1.29, 1.82) is 0 Å². The molecule has 0 aromatic heterocycles. The van der Waals surface area contributed by atoms with E-state index in [0.29, 0.717) is 6.42 Å². The van der Waals surface area contributed by atoms with Crippen LogP contribution in [-0.2, 0) is 9.59 Å². The summed E-state index contributed by atoms with van der Waals surface area (Å²) in [5, 5.41) is 17.8. The first-order valence-corrected chi connectivity index (χ1v) is 4.64. The van der Waals surface area contributed by atoms with E-state index in [1.807, 2.05) is 6.92 Å². The van der Waals surface area contributed by atoms with Gasteiger partial charge in [0.2, 0.25) is 0 Å². The minimum Gasteiger partial charge on any atom is -0.481 e. The van der Waals surface area contributed by atoms with Crippen LogP contribution < -0.4 is 5.73 Å². The maximum Gasteiger partial charge on any atom is 0.324 e. The van der Waals surface area contributed by atoms with E-state index in [0.717, 1.165) is 0 Å². The van der Waals surface area contributed by atoms with Gasteiger partial charge in [-0.1, -0.05) is 6.92 Å². The lowest BCUT2D eigenvalue weighted by atomic mass is 9.88. The van der Waals surface area contributed by atoms with Crippen LogP contribution in [0.1, 0.15) is 13.3 Å². The first kappa shape index (κ1) is 9.45. The van der Waals surface area contributed by atoms with Crippen molar-refractivity contribution in [2.45, 2.75) is 18.9 Å². The normalized spacial score (nSPS) is 49.9. The van der Waals surface area contributed by atoms with E-state index < -0.39 is 23.4 Å². The molecule has 78 valence electrons. The summed E-state index contributed by atoms with van der Waals surface area (Å²) >= 11 is 0. The molecule has 0 radical (unpaired) electrons. The molecule has 5 nitrogen and oxygen atoms in total. The van der Waals surface area contributed by atoms with Gasteiger partial charge in [-0.05, 0) is 18.3 Å². The van der Waals surface area contributed by atoms with Gasteiger partial charge in [-0.15, -0.1) is 0 Å². The Morgan fingerprint density at radius 1 is 1.43 bits per heavy atom. The maximum absolute atomic E-state index is 11.0. The third kappa shape index (κ3) is 0.930. The predicted molar refractivity (Wildman–Crippen MR) is 46.4 cm³/mol. The third-order valence-corrected chi connectivity index (χ3v) is 3.67. The zero-order chi connectivity index (χ0) is 10.7. The highest BCUT2D eigenvalue weighted by Gasteiger charge is 2.72. The van der Waals surface area contributed by atoms with Gasteiger partial charge in [0.05, 0.1) is 5.92 Å². The molecule has 2 saturated carbocycles. The van der Waals surface area contributed by atoms with Crippen LogP contribution in [0.25, 0.3) is 0 Å². The molecule has 0 aromatic carbocycles. The Kier molecular flexibility index (Phi) is 1.67. The maximum atomic E-state index is 11.0. The number of fused-ring (bicyclic) bond motifs is 1. The van der Waals surface area contributed by atoms with Gasteiger partial charge < -0.3 is 15.9 Å². The number of aliphatic carboxylic acids is 2. The first-order chi connectivity index (χ1) is 6.39. The summed E-state index contributed by atoms with van der Waals surface area (Å²) in [6, 6.07) is 0. The van der Waals surface area contributed by atoms with Gasteiger partial charge in [-0.25, -0.2) is 0 Å². The summed E-state index contributed by atoms with van der Waals surface area (Å²) in [6.07, 6.45) is 0.390. The Morgan fingerprint density at radius 3 is 2.36 bits per heavy atom. The molecule has 0 bridgehead atoms. The Balaban J connectivity index is 2.26. The molecular formula is C9H13NO4. The molecule has 4 N–H and O–H groups in total. The topological polar surface area (TPSA) is 101 Å². The molecule has 0 spiro atoms. The van der Waals surface area contributed by atoms with E-state index in [2.05, 4.69) is 0 Å². The quantitative estimate of drug-likeness (QED) is 0.569. The molecule has 0 saturated heterocycles. The van der Waals surface area contributed by atoms with Crippen molar-refractivity contribution < 1.29 is 19.8 Å². The van der Waals surface area contributed by atoms with Crippen molar-refractivity contribution in [3.8, 4) is 0 Å². The van der Waals surface area contributed by atoms with Crippen LogP contribution in [0.4, 0.5) is 0 Å². The average Bonchev–Trinajstić information content (AvgIpc) is 2.72. The number of carboxylic acid groups (broad SMARTS) is 2. The average molecular weight is 199 g/mol. The highest BCUT2D eigenvalue weighted by atomic mass is 16.4. The molecule has 0 amide bonds. The molecule has 2 fully saturated rings. The fourth-order valence-electron chi connectivity index (χ4n) is 3.06. The predicted octanol–water partition coefficient (Wildman–Crippen LogP) is -0.245. The molecule has 2 aliphatic carbocycles. The lowest BCUT2D eigenvalue weighted by Crippen LogP contribution is -2.50. The van der Waals surface area contributed by atoms with Crippen LogP contribution in [0.5, 0.6) is 0 Å². The summed E-state index contributed by atoms with van der Waals surface area (Å²) in [4.78, 5) is 21.7. The summed E-state index contributed by atoms with van der Waals surface area (Å²) in [6.45, 7) is 1.87. The van der Waals surface area contributed by atoms with Crippen molar-refractivity contribution in [3.63, 3.8) is 0 Å². The van der Waals surface area contributed by atoms with E-state index in [9.17, 15) is 9.59 Å². The zero-order valence-electron chi connectivity index (χ0n) is 7.80. The molecule has 5 heteroatoms. The fraction of sp³-hybridized carbons (Fsp3) is 0.778. The summed E-state index contributed by atoms with van der Waals surface area (Å²) < 4.78 is 0. The van der Waals surface area contributed by atoms with E-state index in [4.69, 9.17) is 15.9 Å². The Labute approximate surface area is 80.9 Å². The van der Waals surface area contributed by atoms with E-state index in [1.165, 1.54) is 0 Å². The lowest BCUT2D eigenvalue weighted by Gasteiger charge is -2.22. The highest BCUT2D eigenvalue weighted by molar-refractivity contribution is 5.85. The number of carbonyl (C=O) groups is 2. The molecule has 5 atom stereocenters. The van der Waals surface area contributed by atoms with Gasteiger partial charge in [-0.3, -0.25) is 9.59 Å². The van der Waals surface area contributed by atoms with E-state index in [-0.39, 0.29) is 17.8 Å². The highest BCUT2D eigenvalue weighted by Crippen LogP contribution is 2.64. The van der Waals surface area contributed by atoms with Crippen LogP contribution >= 0.6 is 0 Å². The van der Waals surface area contributed by atoms with Gasteiger partial charge in [-0.2, -0.15) is 0 Å². The monoisotopic (exact) mass is 199 g/mol. The van der Waals surface area contributed by atoms with Crippen LogP contribution in [0.2, 0.25) is 0 Å². The SMILES string of the molecule is C[C@@H]1C[C@@](N)(C(=O)O)[C@H]2C1[C@@H]2C(=O)O. The smallest absolute Gasteiger partial charge is 0.324 e. The lowest BCUT2D eigenvalue weighted by molar-refractivity contribution is -0.145. The van der Waals surface area contributed by atoms with Crippen molar-refractivity contribution in [1.82, 2.24) is 0 Å². The zero-order valence-corrected chi connectivity index (χ0v) is 7.80.